The molecule has 0 heterocycles. The van der Waals surface area contributed by atoms with Gasteiger partial charge in [-0.2, -0.15) is 26.3 Å². The fraction of sp³-hybridized carbons (Fsp3) is 0.304. The van der Waals surface area contributed by atoms with E-state index < -0.39 is 43.2 Å². The molecular formula is C23H20Cl2F6N2O2. The first kappa shape index (κ1) is 28.5. The second-order valence-corrected chi connectivity index (χ2v) is 8.58. The average molecular weight is 541 g/mol. The molecule has 1 unspecified atom stereocenters. The molecular weight excluding hydrogens is 521 g/mol. The molecule has 2 rings (SSSR count). The zero-order valence-corrected chi connectivity index (χ0v) is 19.9. The van der Waals surface area contributed by atoms with Crippen LogP contribution in [0.4, 0.5) is 26.3 Å². The highest BCUT2D eigenvalue weighted by Crippen LogP contribution is 2.38. The third-order valence-electron chi connectivity index (χ3n) is 4.82. The van der Waals surface area contributed by atoms with E-state index in [1.165, 1.54) is 49.4 Å². The van der Waals surface area contributed by atoms with E-state index in [4.69, 9.17) is 23.2 Å². The first-order valence-electron chi connectivity index (χ1n) is 9.97. The number of alkyl halides is 6. The van der Waals surface area contributed by atoms with E-state index in [0.29, 0.717) is 16.0 Å². The minimum absolute atomic E-state index is 0.0597. The summed E-state index contributed by atoms with van der Waals surface area (Å²) >= 11 is 11.7. The molecule has 190 valence electrons. The number of hydrogen-bond donors (Lipinski definition) is 1. The van der Waals surface area contributed by atoms with Crippen LogP contribution in [0.15, 0.2) is 42.5 Å². The minimum atomic E-state index is -4.62. The normalized spacial score (nSPS) is 13.1. The van der Waals surface area contributed by atoms with Gasteiger partial charge in [0.15, 0.2) is 0 Å². The number of nitrogens with one attached hydrogen (secondary N) is 1. The summed E-state index contributed by atoms with van der Waals surface area (Å²) in [6, 6.07) is 7.85. The van der Waals surface area contributed by atoms with Gasteiger partial charge in [0.05, 0.1) is 12.5 Å². The zero-order chi connectivity index (χ0) is 26.6. The Kier molecular flexibility index (Phi) is 9.24. The van der Waals surface area contributed by atoms with E-state index in [9.17, 15) is 35.9 Å². The number of rotatable bonds is 7. The lowest BCUT2D eigenvalue weighted by Gasteiger charge is -2.19. The molecule has 0 saturated heterocycles. The lowest BCUT2D eigenvalue weighted by atomic mass is 9.96. The number of aryl methyl sites for hydroxylation is 1. The molecule has 0 aliphatic carbocycles. The number of benzene rings is 2. The summed E-state index contributed by atoms with van der Waals surface area (Å²) in [5.74, 6) is -3.64. The monoisotopic (exact) mass is 540 g/mol. The van der Waals surface area contributed by atoms with Crippen molar-refractivity contribution in [3.05, 3.63) is 74.8 Å². The van der Waals surface area contributed by atoms with Crippen molar-refractivity contribution in [2.24, 2.45) is 0 Å². The van der Waals surface area contributed by atoms with Gasteiger partial charge in [-0.1, -0.05) is 47.5 Å². The van der Waals surface area contributed by atoms with Crippen LogP contribution in [0.3, 0.4) is 0 Å². The number of carbonyl (C=O) groups excluding carboxylic acids is 2. The lowest BCUT2D eigenvalue weighted by Crippen LogP contribution is -2.42. The molecule has 0 aliphatic heterocycles. The fourth-order valence-corrected chi connectivity index (χ4v) is 3.70. The topological polar surface area (TPSA) is 49.4 Å². The second-order valence-electron chi connectivity index (χ2n) is 7.70. The molecule has 2 amide bonds. The maximum Gasteiger partial charge on any atom is 0.406 e. The average Bonchev–Trinajstić information content (AvgIpc) is 2.69. The number of likely N-dealkylation sites (N-methyl/N-ethyl adjacent to an activating group) is 1. The Morgan fingerprint density at radius 3 is 2.14 bits per heavy atom. The number of hydrogen-bond acceptors (Lipinski definition) is 2. The molecule has 4 nitrogen and oxygen atoms in total. The van der Waals surface area contributed by atoms with Crippen LogP contribution >= 0.6 is 23.2 Å². The molecule has 0 radical (unpaired) electrons. The minimum Gasteiger partial charge on any atom is -0.343 e. The first-order valence-corrected chi connectivity index (χ1v) is 10.7. The number of amides is 2. The van der Waals surface area contributed by atoms with Crippen molar-refractivity contribution >= 4 is 41.1 Å². The Labute approximate surface area is 207 Å². The highest BCUT2D eigenvalue weighted by atomic mass is 35.5. The van der Waals surface area contributed by atoms with E-state index in [-0.39, 0.29) is 21.2 Å². The van der Waals surface area contributed by atoms with Crippen molar-refractivity contribution in [2.45, 2.75) is 25.2 Å². The molecule has 2 aromatic carbocycles. The smallest absolute Gasteiger partial charge is 0.343 e. The van der Waals surface area contributed by atoms with E-state index >= 15 is 0 Å². The summed E-state index contributed by atoms with van der Waals surface area (Å²) in [6.07, 6.45) is -7.02. The van der Waals surface area contributed by atoms with Gasteiger partial charge in [0.1, 0.15) is 6.54 Å². The van der Waals surface area contributed by atoms with Crippen LogP contribution in [0, 0.1) is 6.92 Å². The van der Waals surface area contributed by atoms with Crippen LogP contribution in [0.5, 0.6) is 0 Å². The van der Waals surface area contributed by atoms with E-state index in [1.807, 2.05) is 0 Å². The maximum atomic E-state index is 13.6. The summed E-state index contributed by atoms with van der Waals surface area (Å²) in [4.78, 5) is 24.6. The van der Waals surface area contributed by atoms with Crippen molar-refractivity contribution in [1.82, 2.24) is 10.2 Å². The molecule has 2 aromatic rings. The standard InChI is InChI=1S/C23H20Cl2F6N2O2/c1-13-7-14(4-6-19(23(29,30)31)15-8-16(24)10-17(25)9-15)3-5-18(13)21(35)32-11-20(34)33(2)12-22(26,27)28/h3-10,19H,11-12H2,1-2H3,(H,32,35)/b6-4+. The van der Waals surface area contributed by atoms with Crippen molar-refractivity contribution in [3.8, 4) is 0 Å². The van der Waals surface area contributed by atoms with Gasteiger partial charge in [-0.15, -0.1) is 0 Å². The van der Waals surface area contributed by atoms with Gasteiger partial charge in [0, 0.05) is 22.7 Å². The highest BCUT2D eigenvalue weighted by Gasteiger charge is 2.39. The molecule has 12 heteroatoms. The summed E-state index contributed by atoms with van der Waals surface area (Å²) in [5, 5.41) is 2.36. The first-order chi connectivity index (χ1) is 16.1. The van der Waals surface area contributed by atoms with Crippen LogP contribution in [0.2, 0.25) is 10.0 Å². The molecule has 0 spiro atoms. The van der Waals surface area contributed by atoms with Crippen LogP contribution in [-0.4, -0.2) is 49.2 Å². The van der Waals surface area contributed by atoms with E-state index in [0.717, 1.165) is 13.1 Å². The second kappa shape index (κ2) is 11.3. The zero-order valence-electron chi connectivity index (χ0n) is 18.4. The van der Waals surface area contributed by atoms with Crippen molar-refractivity contribution in [3.63, 3.8) is 0 Å². The number of carbonyl (C=O) groups is 2. The van der Waals surface area contributed by atoms with Crippen LogP contribution < -0.4 is 5.32 Å². The SMILES string of the molecule is Cc1cc(/C=C/C(c2cc(Cl)cc(Cl)c2)C(F)(F)F)ccc1C(=O)NCC(=O)N(C)CC(F)(F)F. The van der Waals surface area contributed by atoms with Gasteiger partial charge >= 0.3 is 12.4 Å². The van der Waals surface area contributed by atoms with E-state index in [1.54, 1.807) is 0 Å². The van der Waals surface area contributed by atoms with Crippen molar-refractivity contribution < 1.29 is 35.9 Å². The highest BCUT2D eigenvalue weighted by molar-refractivity contribution is 6.34. The molecule has 0 bridgehead atoms. The molecule has 0 aliphatic rings. The van der Waals surface area contributed by atoms with Crippen LogP contribution in [-0.2, 0) is 4.79 Å². The fourth-order valence-electron chi connectivity index (χ4n) is 3.16. The predicted molar refractivity (Wildman–Crippen MR) is 121 cm³/mol. The Balaban J connectivity index is 2.14. The number of halogens is 8. The summed E-state index contributed by atoms with van der Waals surface area (Å²) < 4.78 is 78.0. The third-order valence-corrected chi connectivity index (χ3v) is 5.25. The van der Waals surface area contributed by atoms with Crippen LogP contribution in [0.25, 0.3) is 6.08 Å². The summed E-state index contributed by atoms with van der Waals surface area (Å²) in [7, 11) is 0.958. The summed E-state index contributed by atoms with van der Waals surface area (Å²) in [6.45, 7) is -0.578. The Hall–Kier alpha value is -2.72. The van der Waals surface area contributed by atoms with Gasteiger partial charge in [0.2, 0.25) is 5.91 Å². The third kappa shape index (κ3) is 8.78. The molecule has 0 fully saturated rings. The van der Waals surface area contributed by atoms with Gasteiger partial charge < -0.3 is 10.2 Å². The van der Waals surface area contributed by atoms with Gasteiger partial charge in [-0.25, -0.2) is 0 Å². The Morgan fingerprint density at radius 1 is 1.03 bits per heavy atom. The van der Waals surface area contributed by atoms with Crippen LogP contribution in [0.1, 0.15) is 33.0 Å². The van der Waals surface area contributed by atoms with E-state index in [2.05, 4.69) is 5.32 Å². The lowest BCUT2D eigenvalue weighted by molar-refractivity contribution is -0.157. The molecule has 35 heavy (non-hydrogen) atoms. The maximum absolute atomic E-state index is 13.6. The van der Waals surface area contributed by atoms with Gasteiger partial charge in [-0.3, -0.25) is 9.59 Å². The number of allylic oxidation sites excluding steroid dienone is 1. The van der Waals surface area contributed by atoms with Crippen molar-refractivity contribution in [1.29, 1.82) is 0 Å². The Bertz CT molecular complexity index is 1100. The van der Waals surface area contributed by atoms with Crippen molar-refractivity contribution in [2.75, 3.05) is 20.1 Å². The Morgan fingerprint density at radius 2 is 1.63 bits per heavy atom. The van der Waals surface area contributed by atoms with Gasteiger partial charge in [-0.05, 0) is 47.9 Å². The predicted octanol–water partition coefficient (Wildman–Crippen LogP) is 6.41. The number of nitrogens with zero attached hydrogens (tertiary/aromatic N) is 1. The molecule has 0 aromatic heterocycles. The molecule has 1 atom stereocenters. The largest absolute Gasteiger partial charge is 0.406 e. The quantitative estimate of drug-likeness (QED) is 0.412. The molecule has 0 saturated carbocycles. The molecule has 1 N–H and O–H groups in total. The van der Waals surface area contributed by atoms with Gasteiger partial charge in [0.25, 0.3) is 5.91 Å². The summed E-state index contributed by atoms with van der Waals surface area (Å²) in [5.41, 5.74) is 0.721.